The topological polar surface area (TPSA) is 67.6 Å². The predicted octanol–water partition coefficient (Wildman–Crippen LogP) is 1.63. The lowest BCUT2D eigenvalue weighted by molar-refractivity contribution is 0.0344. The summed E-state index contributed by atoms with van der Waals surface area (Å²) < 4.78 is 5.63. The quantitative estimate of drug-likeness (QED) is 0.824. The molecule has 0 radical (unpaired) electrons. The highest BCUT2D eigenvalue weighted by molar-refractivity contribution is 5.96. The number of amides is 1. The molecule has 0 spiro atoms. The number of nitrogens with one attached hydrogen (secondary N) is 1. The summed E-state index contributed by atoms with van der Waals surface area (Å²) in [5.74, 6) is -0.0888. The van der Waals surface area contributed by atoms with Gasteiger partial charge in [-0.05, 0) is 39.0 Å². The summed E-state index contributed by atoms with van der Waals surface area (Å²) in [7, 11) is 0. The van der Waals surface area contributed by atoms with Crippen molar-refractivity contribution in [2.75, 3.05) is 30.3 Å². The van der Waals surface area contributed by atoms with Crippen molar-refractivity contribution >= 4 is 17.3 Å². The van der Waals surface area contributed by atoms with Gasteiger partial charge in [0.2, 0.25) is 0 Å². The molecule has 0 aromatic heterocycles. The Balaban J connectivity index is 2.22. The minimum atomic E-state index is -0.0888. The molecule has 1 aliphatic rings. The molecule has 1 aromatic carbocycles. The highest BCUT2D eigenvalue weighted by atomic mass is 16.5. The molecule has 2 atom stereocenters. The first kappa shape index (κ1) is 14.7. The van der Waals surface area contributed by atoms with Crippen LogP contribution in [0.2, 0.25) is 0 Å². The molecule has 1 aromatic rings. The van der Waals surface area contributed by atoms with E-state index in [1.165, 1.54) is 0 Å². The Morgan fingerprint density at radius 1 is 1.50 bits per heavy atom. The minimum Gasteiger partial charge on any atom is -0.397 e. The second-order valence-corrected chi connectivity index (χ2v) is 5.28. The predicted molar refractivity (Wildman–Crippen MR) is 81.1 cm³/mol. The van der Waals surface area contributed by atoms with Gasteiger partial charge in [-0.3, -0.25) is 4.79 Å². The fourth-order valence-electron chi connectivity index (χ4n) is 2.46. The Morgan fingerprint density at radius 3 is 2.90 bits per heavy atom. The number of anilines is 2. The van der Waals surface area contributed by atoms with Crippen LogP contribution in [0.25, 0.3) is 0 Å². The molecule has 5 heteroatoms. The standard InChI is InChI=1S/C15H23N3O2/c1-4-17-15(19)12-5-6-14(13(16)7-12)18-8-11(3)20-9-10(18)2/h5-7,10-11H,4,8-9,16H2,1-3H3,(H,17,19). The van der Waals surface area contributed by atoms with Crippen LogP contribution in [0.5, 0.6) is 0 Å². The van der Waals surface area contributed by atoms with Gasteiger partial charge in [-0.2, -0.15) is 0 Å². The molecule has 3 N–H and O–H groups in total. The summed E-state index contributed by atoms with van der Waals surface area (Å²) in [5, 5.41) is 2.78. The molecule has 0 bridgehead atoms. The molecule has 0 aliphatic carbocycles. The van der Waals surface area contributed by atoms with Gasteiger partial charge in [-0.25, -0.2) is 0 Å². The maximum Gasteiger partial charge on any atom is 0.251 e. The van der Waals surface area contributed by atoms with Gasteiger partial charge < -0.3 is 20.7 Å². The summed E-state index contributed by atoms with van der Waals surface area (Å²) in [4.78, 5) is 14.0. The third kappa shape index (κ3) is 3.04. The summed E-state index contributed by atoms with van der Waals surface area (Å²) in [5.41, 5.74) is 8.34. The molecular formula is C15H23N3O2. The first-order valence-corrected chi connectivity index (χ1v) is 7.09. The number of rotatable bonds is 3. The van der Waals surface area contributed by atoms with E-state index in [9.17, 15) is 4.79 Å². The second-order valence-electron chi connectivity index (χ2n) is 5.28. The van der Waals surface area contributed by atoms with Crippen LogP contribution in [-0.2, 0) is 4.74 Å². The average molecular weight is 277 g/mol. The number of benzene rings is 1. The molecule has 5 nitrogen and oxygen atoms in total. The normalized spacial score (nSPS) is 22.6. The molecule has 2 unspecified atom stereocenters. The van der Waals surface area contributed by atoms with Gasteiger partial charge in [0.15, 0.2) is 0 Å². The van der Waals surface area contributed by atoms with Crippen molar-refractivity contribution < 1.29 is 9.53 Å². The number of ether oxygens (including phenoxy) is 1. The Labute approximate surface area is 120 Å². The van der Waals surface area contributed by atoms with E-state index in [1.807, 2.05) is 19.1 Å². The van der Waals surface area contributed by atoms with E-state index >= 15 is 0 Å². The van der Waals surface area contributed by atoms with E-state index in [-0.39, 0.29) is 18.1 Å². The van der Waals surface area contributed by atoms with Crippen LogP contribution in [0.4, 0.5) is 11.4 Å². The summed E-state index contributed by atoms with van der Waals surface area (Å²) in [6.07, 6.45) is 0.189. The lowest BCUT2D eigenvalue weighted by Crippen LogP contribution is -2.47. The summed E-state index contributed by atoms with van der Waals surface area (Å²) in [6, 6.07) is 5.77. The van der Waals surface area contributed by atoms with Crippen LogP contribution < -0.4 is 16.0 Å². The highest BCUT2D eigenvalue weighted by Gasteiger charge is 2.25. The van der Waals surface area contributed by atoms with E-state index in [1.54, 1.807) is 6.07 Å². The Morgan fingerprint density at radius 2 is 2.25 bits per heavy atom. The van der Waals surface area contributed by atoms with Crippen molar-refractivity contribution in [3.8, 4) is 0 Å². The maximum absolute atomic E-state index is 11.8. The van der Waals surface area contributed by atoms with Crippen molar-refractivity contribution in [1.82, 2.24) is 5.32 Å². The van der Waals surface area contributed by atoms with Crippen LogP contribution in [0.3, 0.4) is 0 Å². The Kier molecular flexibility index (Phi) is 4.49. The minimum absolute atomic E-state index is 0.0888. The number of nitrogen functional groups attached to an aromatic ring is 1. The van der Waals surface area contributed by atoms with Crippen molar-refractivity contribution in [3.05, 3.63) is 23.8 Å². The Bertz CT molecular complexity index is 490. The van der Waals surface area contributed by atoms with E-state index in [0.29, 0.717) is 24.4 Å². The molecule has 20 heavy (non-hydrogen) atoms. The zero-order chi connectivity index (χ0) is 14.7. The van der Waals surface area contributed by atoms with Gasteiger partial charge in [-0.1, -0.05) is 0 Å². The zero-order valence-electron chi connectivity index (χ0n) is 12.3. The zero-order valence-corrected chi connectivity index (χ0v) is 12.3. The number of nitrogens with zero attached hydrogens (tertiary/aromatic N) is 1. The van der Waals surface area contributed by atoms with Gasteiger partial charge in [0.1, 0.15) is 0 Å². The number of hydrogen-bond donors (Lipinski definition) is 2. The van der Waals surface area contributed by atoms with Gasteiger partial charge >= 0.3 is 0 Å². The molecule has 1 saturated heterocycles. The van der Waals surface area contributed by atoms with Crippen LogP contribution in [0.15, 0.2) is 18.2 Å². The van der Waals surface area contributed by atoms with E-state index < -0.39 is 0 Å². The van der Waals surface area contributed by atoms with Gasteiger partial charge in [-0.15, -0.1) is 0 Å². The number of carbonyl (C=O) groups is 1. The molecule has 1 aliphatic heterocycles. The van der Waals surface area contributed by atoms with Crippen LogP contribution in [-0.4, -0.2) is 37.7 Å². The average Bonchev–Trinajstić information content (AvgIpc) is 2.42. The third-order valence-corrected chi connectivity index (χ3v) is 3.54. The highest BCUT2D eigenvalue weighted by Crippen LogP contribution is 2.28. The van der Waals surface area contributed by atoms with Crippen molar-refractivity contribution in [3.63, 3.8) is 0 Å². The first-order valence-electron chi connectivity index (χ1n) is 7.09. The Hall–Kier alpha value is -1.75. The molecule has 1 amide bonds. The smallest absolute Gasteiger partial charge is 0.251 e. The van der Waals surface area contributed by atoms with Crippen LogP contribution >= 0.6 is 0 Å². The third-order valence-electron chi connectivity index (χ3n) is 3.54. The number of hydrogen-bond acceptors (Lipinski definition) is 4. The van der Waals surface area contributed by atoms with Gasteiger partial charge in [0, 0.05) is 24.7 Å². The molecule has 0 saturated carbocycles. The lowest BCUT2D eigenvalue weighted by Gasteiger charge is -2.39. The SMILES string of the molecule is CCNC(=O)c1ccc(N2CC(C)OCC2C)c(N)c1. The molecule has 1 heterocycles. The van der Waals surface area contributed by atoms with E-state index in [0.717, 1.165) is 12.2 Å². The van der Waals surface area contributed by atoms with Crippen molar-refractivity contribution in [2.24, 2.45) is 0 Å². The van der Waals surface area contributed by atoms with Gasteiger partial charge in [0.05, 0.1) is 24.1 Å². The molecule has 110 valence electrons. The molecule has 1 fully saturated rings. The fraction of sp³-hybridized carbons (Fsp3) is 0.533. The van der Waals surface area contributed by atoms with E-state index in [4.69, 9.17) is 10.5 Å². The van der Waals surface area contributed by atoms with Crippen LogP contribution in [0.1, 0.15) is 31.1 Å². The second kappa shape index (κ2) is 6.13. The molecule has 2 rings (SSSR count). The van der Waals surface area contributed by atoms with Crippen molar-refractivity contribution in [2.45, 2.75) is 32.9 Å². The van der Waals surface area contributed by atoms with E-state index in [2.05, 4.69) is 24.1 Å². The number of nitrogens with two attached hydrogens (primary N) is 1. The van der Waals surface area contributed by atoms with Gasteiger partial charge in [0.25, 0.3) is 5.91 Å². The fourth-order valence-corrected chi connectivity index (χ4v) is 2.46. The molecular weight excluding hydrogens is 254 g/mol. The van der Waals surface area contributed by atoms with Crippen molar-refractivity contribution in [1.29, 1.82) is 0 Å². The number of morpholine rings is 1. The largest absolute Gasteiger partial charge is 0.397 e. The lowest BCUT2D eigenvalue weighted by atomic mass is 10.1. The first-order chi connectivity index (χ1) is 9.52. The monoisotopic (exact) mass is 277 g/mol. The summed E-state index contributed by atoms with van der Waals surface area (Å²) in [6.45, 7) is 8.18. The number of carbonyl (C=O) groups excluding carboxylic acids is 1. The maximum atomic E-state index is 11.8. The summed E-state index contributed by atoms with van der Waals surface area (Å²) >= 11 is 0. The van der Waals surface area contributed by atoms with Crippen LogP contribution in [0, 0.1) is 0 Å².